The van der Waals surface area contributed by atoms with Gasteiger partial charge in [0.2, 0.25) is 5.24 Å². The number of carbonyl (C=O) groups is 1. The monoisotopic (exact) mass is 230 g/mol. The van der Waals surface area contributed by atoms with E-state index >= 15 is 0 Å². The Hall–Kier alpha value is -0.530. The van der Waals surface area contributed by atoms with Crippen molar-refractivity contribution in [3.8, 4) is 0 Å². The molecule has 0 radical (unpaired) electrons. The largest absolute Gasteiger partial charge is 0.281 e. The Labute approximate surface area is 94.0 Å². The molecule has 1 unspecified atom stereocenters. The molecule has 1 rings (SSSR count). The molecule has 0 N–H and O–H groups in total. The lowest BCUT2D eigenvalue weighted by atomic mass is 9.98. The maximum atomic E-state index is 11.0. The molecule has 0 amide bonds. The van der Waals surface area contributed by atoms with Gasteiger partial charge in [0.05, 0.1) is 0 Å². The summed E-state index contributed by atoms with van der Waals surface area (Å²) in [6.45, 7) is 1.95. The van der Waals surface area contributed by atoms with Crippen molar-refractivity contribution in [3.63, 3.8) is 0 Å². The van der Waals surface area contributed by atoms with Crippen LogP contribution in [0.15, 0.2) is 24.3 Å². The minimum atomic E-state index is -0.285. The second-order valence-corrected chi connectivity index (χ2v) is 3.98. The summed E-state index contributed by atoms with van der Waals surface area (Å²) in [5.74, 6) is -0.128. The molecular weight excluding hydrogens is 219 g/mol. The van der Waals surface area contributed by atoms with Crippen molar-refractivity contribution in [3.05, 3.63) is 34.9 Å². The van der Waals surface area contributed by atoms with Gasteiger partial charge in [-0.1, -0.05) is 36.7 Å². The van der Waals surface area contributed by atoms with E-state index in [0.29, 0.717) is 11.4 Å². The molecule has 1 aromatic rings. The van der Waals surface area contributed by atoms with E-state index in [1.807, 2.05) is 31.2 Å². The van der Waals surface area contributed by atoms with Gasteiger partial charge in [-0.25, -0.2) is 0 Å². The van der Waals surface area contributed by atoms with Crippen molar-refractivity contribution in [2.75, 3.05) is 0 Å². The molecule has 14 heavy (non-hydrogen) atoms. The first kappa shape index (κ1) is 11.5. The lowest BCUT2D eigenvalue weighted by molar-refractivity contribution is -0.115. The first-order chi connectivity index (χ1) is 6.65. The van der Waals surface area contributed by atoms with Crippen LogP contribution in [0.4, 0.5) is 0 Å². The fourth-order valence-corrected chi connectivity index (χ4v) is 1.76. The summed E-state index contributed by atoms with van der Waals surface area (Å²) >= 11 is 11.4. The minimum absolute atomic E-state index is 0.128. The summed E-state index contributed by atoms with van der Waals surface area (Å²) in [6, 6.07) is 7.52. The van der Waals surface area contributed by atoms with Crippen LogP contribution >= 0.6 is 23.2 Å². The van der Waals surface area contributed by atoms with E-state index in [0.717, 1.165) is 12.0 Å². The van der Waals surface area contributed by atoms with Gasteiger partial charge in [0.15, 0.2) is 0 Å². The van der Waals surface area contributed by atoms with Crippen LogP contribution < -0.4 is 0 Å². The minimum Gasteiger partial charge on any atom is -0.281 e. The van der Waals surface area contributed by atoms with Crippen molar-refractivity contribution in [2.45, 2.75) is 19.8 Å². The van der Waals surface area contributed by atoms with Crippen LogP contribution in [0.3, 0.4) is 0 Å². The number of hydrogen-bond donors (Lipinski definition) is 0. The number of benzene rings is 1. The highest BCUT2D eigenvalue weighted by molar-refractivity contribution is 6.64. The molecule has 1 aromatic carbocycles. The summed E-state index contributed by atoms with van der Waals surface area (Å²) in [4.78, 5) is 11.0. The highest BCUT2D eigenvalue weighted by Gasteiger charge is 2.15. The third-order valence-corrected chi connectivity index (χ3v) is 2.92. The summed E-state index contributed by atoms with van der Waals surface area (Å²) < 4.78 is 0. The predicted molar refractivity (Wildman–Crippen MR) is 59.8 cm³/mol. The number of halogens is 2. The quantitative estimate of drug-likeness (QED) is 0.722. The maximum absolute atomic E-state index is 11.0. The van der Waals surface area contributed by atoms with Crippen LogP contribution in [0.5, 0.6) is 0 Å². The van der Waals surface area contributed by atoms with Crippen LogP contribution in [-0.4, -0.2) is 5.24 Å². The molecule has 0 aromatic heterocycles. The topological polar surface area (TPSA) is 17.1 Å². The fraction of sp³-hybridized carbons (Fsp3) is 0.364. The Balaban J connectivity index is 2.77. The molecule has 0 fully saturated rings. The molecule has 1 nitrogen and oxygen atoms in total. The van der Waals surface area contributed by atoms with Crippen molar-refractivity contribution in [1.82, 2.24) is 0 Å². The van der Waals surface area contributed by atoms with Gasteiger partial charge in [-0.15, -0.1) is 0 Å². The molecule has 0 aliphatic heterocycles. The van der Waals surface area contributed by atoms with Crippen molar-refractivity contribution >= 4 is 28.4 Å². The molecule has 76 valence electrons. The average molecular weight is 231 g/mol. The second-order valence-electron chi connectivity index (χ2n) is 3.20. The van der Waals surface area contributed by atoms with Gasteiger partial charge in [-0.2, -0.15) is 0 Å². The van der Waals surface area contributed by atoms with Crippen LogP contribution in [0.2, 0.25) is 5.02 Å². The fourth-order valence-electron chi connectivity index (χ4n) is 1.31. The Kier molecular flexibility index (Phi) is 4.43. The molecule has 0 bridgehead atoms. The smallest absolute Gasteiger partial charge is 0.225 e. The summed E-state index contributed by atoms with van der Waals surface area (Å²) in [5, 5.41) is 0.413. The van der Waals surface area contributed by atoms with Crippen LogP contribution in [0.1, 0.15) is 18.9 Å². The normalized spacial score (nSPS) is 12.5. The van der Waals surface area contributed by atoms with E-state index < -0.39 is 0 Å². The van der Waals surface area contributed by atoms with Crippen LogP contribution in [-0.2, 0) is 11.2 Å². The predicted octanol–water partition coefficient (Wildman–Crippen LogP) is 3.67. The summed E-state index contributed by atoms with van der Waals surface area (Å²) in [6.07, 6.45) is 1.37. The van der Waals surface area contributed by atoms with Gasteiger partial charge in [-0.05, 0) is 36.1 Å². The third-order valence-electron chi connectivity index (χ3n) is 2.24. The lowest BCUT2D eigenvalue weighted by Gasteiger charge is -2.10. The van der Waals surface area contributed by atoms with Gasteiger partial charge < -0.3 is 0 Å². The zero-order chi connectivity index (χ0) is 10.6. The number of rotatable bonds is 4. The Morgan fingerprint density at radius 2 is 2.07 bits per heavy atom. The highest BCUT2D eigenvalue weighted by atomic mass is 35.5. The lowest BCUT2D eigenvalue weighted by Crippen LogP contribution is -2.10. The average Bonchev–Trinajstić information content (AvgIpc) is 2.16. The molecule has 3 heteroatoms. The van der Waals surface area contributed by atoms with Gasteiger partial charge in [0.25, 0.3) is 0 Å². The molecular formula is C11H12Cl2O. The molecule has 0 saturated heterocycles. The highest BCUT2D eigenvalue weighted by Crippen LogP contribution is 2.21. The second kappa shape index (κ2) is 5.38. The number of hydrogen-bond acceptors (Lipinski definition) is 1. The first-order valence-electron chi connectivity index (χ1n) is 4.58. The van der Waals surface area contributed by atoms with E-state index in [4.69, 9.17) is 23.2 Å². The first-order valence-corrected chi connectivity index (χ1v) is 5.33. The Morgan fingerprint density at radius 3 is 2.57 bits per heavy atom. The molecule has 1 atom stereocenters. The van der Waals surface area contributed by atoms with Crippen LogP contribution in [0.25, 0.3) is 0 Å². The summed E-state index contributed by atoms with van der Waals surface area (Å²) in [7, 11) is 0. The maximum Gasteiger partial charge on any atom is 0.225 e. The van der Waals surface area contributed by atoms with E-state index in [-0.39, 0.29) is 11.2 Å². The van der Waals surface area contributed by atoms with Gasteiger partial charge >= 0.3 is 0 Å². The Morgan fingerprint density at radius 1 is 1.43 bits per heavy atom. The standard InChI is InChI=1S/C11H12Cl2O/c1-2-8(11(13)14)7-9-5-3-4-6-10(9)12/h3-6,8H,2,7H2,1H3. The van der Waals surface area contributed by atoms with Crippen LogP contribution in [0, 0.1) is 5.92 Å². The van der Waals surface area contributed by atoms with Gasteiger partial charge in [0.1, 0.15) is 0 Å². The van der Waals surface area contributed by atoms with E-state index in [1.54, 1.807) is 0 Å². The van der Waals surface area contributed by atoms with Gasteiger partial charge in [-0.3, -0.25) is 4.79 Å². The molecule has 0 aliphatic carbocycles. The zero-order valence-electron chi connectivity index (χ0n) is 7.97. The molecule has 0 heterocycles. The molecule has 0 aliphatic rings. The van der Waals surface area contributed by atoms with E-state index in [2.05, 4.69) is 0 Å². The SMILES string of the molecule is CCC(Cc1ccccc1Cl)C(=O)Cl. The van der Waals surface area contributed by atoms with Crippen molar-refractivity contribution in [2.24, 2.45) is 5.92 Å². The van der Waals surface area contributed by atoms with Crippen molar-refractivity contribution in [1.29, 1.82) is 0 Å². The van der Waals surface area contributed by atoms with E-state index in [1.165, 1.54) is 0 Å². The van der Waals surface area contributed by atoms with Crippen molar-refractivity contribution < 1.29 is 4.79 Å². The summed E-state index contributed by atoms with van der Waals surface area (Å²) in [5.41, 5.74) is 0.981. The molecule has 0 saturated carbocycles. The third kappa shape index (κ3) is 3.00. The number of carbonyl (C=O) groups excluding carboxylic acids is 1. The molecule has 0 spiro atoms. The zero-order valence-corrected chi connectivity index (χ0v) is 9.48. The Bertz CT molecular complexity index is 323. The van der Waals surface area contributed by atoms with Gasteiger partial charge in [0, 0.05) is 10.9 Å². The van der Waals surface area contributed by atoms with E-state index in [9.17, 15) is 4.79 Å².